The van der Waals surface area contributed by atoms with Crippen molar-refractivity contribution >= 4 is 11.4 Å². The number of hydrogen-bond acceptors (Lipinski definition) is 4. The molecule has 1 aromatic heterocycles. The summed E-state index contributed by atoms with van der Waals surface area (Å²) in [6.45, 7) is 3.22. The average molecular weight is 246 g/mol. The smallest absolute Gasteiger partial charge is 0.271 e. The third-order valence-corrected chi connectivity index (χ3v) is 2.50. The van der Waals surface area contributed by atoms with Crippen molar-refractivity contribution in [3.63, 3.8) is 0 Å². The van der Waals surface area contributed by atoms with E-state index in [-0.39, 0.29) is 10.6 Å². The predicted molar refractivity (Wildman–Crippen MR) is 68.6 cm³/mol. The molecule has 0 bridgehead atoms. The number of nitro groups is 1. The molecule has 1 N–H and O–H groups in total. The van der Waals surface area contributed by atoms with Crippen LogP contribution in [-0.4, -0.2) is 21.2 Å². The molecular formula is C12H14N4O2. The number of nitrogens with zero attached hydrogens (tertiary/aromatic N) is 3. The molecule has 1 heterocycles. The van der Waals surface area contributed by atoms with Gasteiger partial charge >= 0.3 is 0 Å². The van der Waals surface area contributed by atoms with E-state index in [9.17, 15) is 10.1 Å². The van der Waals surface area contributed by atoms with Crippen LogP contribution < -0.4 is 5.32 Å². The van der Waals surface area contributed by atoms with E-state index in [0.717, 1.165) is 17.8 Å². The lowest BCUT2D eigenvalue weighted by Gasteiger charge is -2.07. The van der Waals surface area contributed by atoms with Crippen LogP contribution in [0.1, 0.15) is 5.56 Å². The molecule has 94 valence electrons. The Hall–Kier alpha value is -2.37. The summed E-state index contributed by atoms with van der Waals surface area (Å²) in [5.74, 6) is 0. The normalized spacial score (nSPS) is 10.3. The van der Waals surface area contributed by atoms with Gasteiger partial charge in [0.25, 0.3) is 5.69 Å². The van der Waals surface area contributed by atoms with Gasteiger partial charge in [0.05, 0.1) is 11.5 Å². The number of benzene rings is 1. The Morgan fingerprint density at radius 3 is 2.94 bits per heavy atom. The van der Waals surface area contributed by atoms with Gasteiger partial charge in [0, 0.05) is 36.8 Å². The van der Waals surface area contributed by atoms with E-state index in [1.54, 1.807) is 16.9 Å². The summed E-state index contributed by atoms with van der Waals surface area (Å²) in [5, 5.41) is 18.0. The fraction of sp³-hybridized carbons (Fsp3) is 0.250. The van der Waals surface area contributed by atoms with Gasteiger partial charge in [0.2, 0.25) is 0 Å². The van der Waals surface area contributed by atoms with Gasteiger partial charge in [-0.3, -0.25) is 14.8 Å². The first-order valence-corrected chi connectivity index (χ1v) is 5.62. The summed E-state index contributed by atoms with van der Waals surface area (Å²) < 4.78 is 1.80. The summed E-state index contributed by atoms with van der Waals surface area (Å²) in [6.07, 6.45) is 3.60. The molecule has 0 atom stereocenters. The van der Waals surface area contributed by atoms with Gasteiger partial charge in [0.1, 0.15) is 0 Å². The first-order chi connectivity index (χ1) is 8.65. The highest BCUT2D eigenvalue weighted by Gasteiger charge is 2.07. The Morgan fingerprint density at radius 1 is 1.44 bits per heavy atom. The van der Waals surface area contributed by atoms with E-state index in [1.807, 2.05) is 25.3 Å². The first-order valence-electron chi connectivity index (χ1n) is 5.62. The molecule has 0 unspecified atom stereocenters. The Bertz CT molecular complexity index is 537. The summed E-state index contributed by atoms with van der Waals surface area (Å²) in [4.78, 5) is 10.3. The van der Waals surface area contributed by atoms with Crippen LogP contribution in [0.15, 0.2) is 36.7 Å². The van der Waals surface area contributed by atoms with Crippen LogP contribution in [0.5, 0.6) is 0 Å². The minimum absolute atomic E-state index is 0.108. The molecule has 0 saturated heterocycles. The molecule has 1 aromatic carbocycles. The summed E-state index contributed by atoms with van der Waals surface area (Å²) in [7, 11) is 0. The number of non-ortho nitro benzene ring substituents is 1. The van der Waals surface area contributed by atoms with Gasteiger partial charge in [0.15, 0.2) is 0 Å². The topological polar surface area (TPSA) is 73.0 Å². The molecule has 0 aliphatic heterocycles. The Balaban J connectivity index is 1.98. The highest BCUT2D eigenvalue weighted by atomic mass is 16.6. The molecule has 0 radical (unpaired) electrons. The van der Waals surface area contributed by atoms with Crippen LogP contribution in [0.2, 0.25) is 0 Å². The Kier molecular flexibility index (Phi) is 3.57. The van der Waals surface area contributed by atoms with Gasteiger partial charge < -0.3 is 5.32 Å². The summed E-state index contributed by atoms with van der Waals surface area (Å²) in [6, 6.07) is 6.84. The van der Waals surface area contributed by atoms with E-state index in [0.29, 0.717) is 6.54 Å². The second kappa shape index (κ2) is 5.31. The zero-order valence-corrected chi connectivity index (χ0v) is 10.0. The van der Waals surface area contributed by atoms with Crippen molar-refractivity contribution in [2.24, 2.45) is 0 Å². The van der Waals surface area contributed by atoms with Crippen molar-refractivity contribution in [2.75, 3.05) is 11.9 Å². The zero-order chi connectivity index (χ0) is 13.0. The highest BCUT2D eigenvalue weighted by molar-refractivity contribution is 5.53. The van der Waals surface area contributed by atoms with Crippen LogP contribution in [-0.2, 0) is 6.54 Å². The van der Waals surface area contributed by atoms with Crippen LogP contribution in [0.3, 0.4) is 0 Å². The molecule has 0 saturated carbocycles. The maximum atomic E-state index is 10.7. The fourth-order valence-electron chi connectivity index (χ4n) is 1.72. The standard InChI is InChI=1S/C12H14N4O2/c1-10-7-11(9-12(8-10)16(17)18)13-4-6-15-5-2-3-14-15/h2-3,5,7-9,13H,4,6H2,1H3. The van der Waals surface area contributed by atoms with Crippen molar-refractivity contribution in [1.29, 1.82) is 0 Å². The molecule has 0 aliphatic rings. The van der Waals surface area contributed by atoms with E-state index >= 15 is 0 Å². The van der Waals surface area contributed by atoms with Gasteiger partial charge in [-0.15, -0.1) is 0 Å². The molecule has 0 amide bonds. The largest absolute Gasteiger partial charge is 0.383 e. The molecule has 0 spiro atoms. The predicted octanol–water partition coefficient (Wildman–Crippen LogP) is 2.21. The maximum absolute atomic E-state index is 10.7. The minimum atomic E-state index is -0.383. The second-order valence-corrected chi connectivity index (χ2v) is 4.01. The zero-order valence-electron chi connectivity index (χ0n) is 10.0. The highest BCUT2D eigenvalue weighted by Crippen LogP contribution is 2.20. The number of nitro benzene ring substituents is 1. The lowest BCUT2D eigenvalue weighted by molar-refractivity contribution is -0.384. The third kappa shape index (κ3) is 3.07. The number of hydrogen-bond donors (Lipinski definition) is 1. The van der Waals surface area contributed by atoms with Crippen LogP contribution >= 0.6 is 0 Å². The van der Waals surface area contributed by atoms with Gasteiger partial charge in [-0.2, -0.15) is 5.10 Å². The van der Waals surface area contributed by atoms with Crippen molar-refractivity contribution in [3.8, 4) is 0 Å². The lowest BCUT2D eigenvalue weighted by atomic mass is 10.2. The monoisotopic (exact) mass is 246 g/mol. The van der Waals surface area contributed by atoms with E-state index < -0.39 is 0 Å². The molecule has 6 nitrogen and oxygen atoms in total. The van der Waals surface area contributed by atoms with Crippen molar-refractivity contribution < 1.29 is 4.92 Å². The quantitative estimate of drug-likeness (QED) is 0.648. The fourth-order valence-corrected chi connectivity index (χ4v) is 1.72. The average Bonchev–Trinajstić information content (AvgIpc) is 2.81. The SMILES string of the molecule is Cc1cc(NCCn2cccn2)cc([N+](=O)[O-])c1. The number of rotatable bonds is 5. The second-order valence-electron chi connectivity index (χ2n) is 4.01. The first kappa shape index (κ1) is 12.1. The molecule has 0 aliphatic carbocycles. The molecule has 6 heteroatoms. The Morgan fingerprint density at radius 2 is 2.28 bits per heavy atom. The number of aromatic nitrogens is 2. The van der Waals surface area contributed by atoms with Crippen LogP contribution in [0.25, 0.3) is 0 Å². The third-order valence-electron chi connectivity index (χ3n) is 2.50. The lowest BCUT2D eigenvalue weighted by Crippen LogP contribution is -2.11. The maximum Gasteiger partial charge on any atom is 0.271 e. The number of aryl methyl sites for hydroxylation is 1. The number of anilines is 1. The number of nitrogens with one attached hydrogen (secondary N) is 1. The molecule has 0 fully saturated rings. The van der Waals surface area contributed by atoms with Crippen LogP contribution in [0, 0.1) is 17.0 Å². The molecular weight excluding hydrogens is 232 g/mol. The van der Waals surface area contributed by atoms with Crippen molar-refractivity contribution in [1.82, 2.24) is 9.78 Å². The molecule has 2 rings (SSSR count). The van der Waals surface area contributed by atoms with Gasteiger partial charge in [-0.1, -0.05) is 0 Å². The van der Waals surface area contributed by atoms with Gasteiger partial charge in [-0.05, 0) is 24.6 Å². The van der Waals surface area contributed by atoms with E-state index in [2.05, 4.69) is 10.4 Å². The van der Waals surface area contributed by atoms with Crippen molar-refractivity contribution in [2.45, 2.75) is 13.5 Å². The Labute approximate surface area is 104 Å². The van der Waals surface area contributed by atoms with E-state index in [4.69, 9.17) is 0 Å². The van der Waals surface area contributed by atoms with Gasteiger partial charge in [-0.25, -0.2) is 0 Å². The molecule has 18 heavy (non-hydrogen) atoms. The van der Waals surface area contributed by atoms with E-state index in [1.165, 1.54) is 6.07 Å². The summed E-state index contributed by atoms with van der Waals surface area (Å²) >= 11 is 0. The van der Waals surface area contributed by atoms with Crippen LogP contribution in [0.4, 0.5) is 11.4 Å². The summed E-state index contributed by atoms with van der Waals surface area (Å²) in [5.41, 5.74) is 1.73. The minimum Gasteiger partial charge on any atom is -0.383 e. The molecule has 2 aromatic rings. The van der Waals surface area contributed by atoms with Crippen molar-refractivity contribution in [3.05, 3.63) is 52.3 Å².